The van der Waals surface area contributed by atoms with Crippen LogP contribution in [0.3, 0.4) is 0 Å². The van der Waals surface area contributed by atoms with Gasteiger partial charge < -0.3 is 10.5 Å². The molecule has 0 saturated heterocycles. The van der Waals surface area contributed by atoms with E-state index in [0.29, 0.717) is 18.6 Å². The van der Waals surface area contributed by atoms with Crippen LogP contribution < -0.4 is 10.5 Å². The molecule has 0 aliphatic carbocycles. The van der Waals surface area contributed by atoms with Crippen molar-refractivity contribution in [3.63, 3.8) is 0 Å². The van der Waals surface area contributed by atoms with Gasteiger partial charge in [0, 0.05) is 6.04 Å². The van der Waals surface area contributed by atoms with Crippen LogP contribution in [0.15, 0.2) is 12.1 Å². The molecule has 18 heavy (non-hydrogen) atoms. The Balaban J connectivity index is 0.00000289. The molecule has 0 heterocycles. The number of benzene rings is 1. The van der Waals surface area contributed by atoms with E-state index in [9.17, 15) is 4.39 Å². The second-order valence-electron chi connectivity index (χ2n) is 4.43. The molecule has 1 unspecified atom stereocenters. The fourth-order valence-corrected chi connectivity index (χ4v) is 1.63. The Morgan fingerprint density at radius 1 is 1.33 bits per heavy atom. The Morgan fingerprint density at radius 3 is 2.56 bits per heavy atom. The lowest BCUT2D eigenvalue weighted by Gasteiger charge is -2.15. The van der Waals surface area contributed by atoms with E-state index in [4.69, 9.17) is 10.5 Å². The van der Waals surface area contributed by atoms with Gasteiger partial charge in [0.05, 0.1) is 6.61 Å². The molecule has 2 N–H and O–H groups in total. The van der Waals surface area contributed by atoms with E-state index in [1.54, 1.807) is 19.1 Å². The van der Waals surface area contributed by atoms with Gasteiger partial charge in [-0.3, -0.25) is 0 Å². The Kier molecular flexibility index (Phi) is 7.96. The number of hydrogen-bond donors (Lipinski definition) is 1. The first-order chi connectivity index (χ1) is 8.08. The highest BCUT2D eigenvalue weighted by Crippen LogP contribution is 2.24. The zero-order valence-electron chi connectivity index (χ0n) is 11.3. The van der Waals surface area contributed by atoms with Crippen molar-refractivity contribution >= 4 is 12.4 Å². The average Bonchev–Trinajstić information content (AvgIpc) is 2.31. The molecule has 1 rings (SSSR count). The number of nitrogens with two attached hydrogens (primary N) is 1. The van der Waals surface area contributed by atoms with Crippen molar-refractivity contribution in [2.45, 2.75) is 46.1 Å². The zero-order chi connectivity index (χ0) is 12.8. The minimum Gasteiger partial charge on any atom is -0.493 e. The maximum atomic E-state index is 13.5. The predicted molar refractivity (Wildman–Crippen MR) is 76.1 cm³/mol. The van der Waals surface area contributed by atoms with Gasteiger partial charge in [-0.1, -0.05) is 13.8 Å². The van der Waals surface area contributed by atoms with Gasteiger partial charge >= 0.3 is 0 Å². The van der Waals surface area contributed by atoms with E-state index in [-0.39, 0.29) is 24.3 Å². The molecule has 0 fully saturated rings. The average molecular weight is 276 g/mol. The summed E-state index contributed by atoms with van der Waals surface area (Å²) in [5.41, 5.74) is 7.40. The van der Waals surface area contributed by atoms with Gasteiger partial charge in [0.15, 0.2) is 0 Å². The number of hydrogen-bond acceptors (Lipinski definition) is 2. The van der Waals surface area contributed by atoms with E-state index in [1.165, 1.54) is 0 Å². The van der Waals surface area contributed by atoms with Crippen LogP contribution in [0.5, 0.6) is 5.75 Å². The Hall–Kier alpha value is -0.800. The Labute approximate surface area is 115 Å². The third-order valence-corrected chi connectivity index (χ3v) is 2.81. The van der Waals surface area contributed by atoms with Crippen molar-refractivity contribution in [3.8, 4) is 5.75 Å². The molecule has 0 amide bonds. The normalized spacial score (nSPS) is 11.8. The van der Waals surface area contributed by atoms with Crippen LogP contribution in [-0.2, 0) is 6.42 Å². The summed E-state index contributed by atoms with van der Waals surface area (Å²) in [6.07, 6.45) is 2.48. The van der Waals surface area contributed by atoms with Gasteiger partial charge in [0.25, 0.3) is 0 Å². The molecule has 1 atom stereocenters. The minimum atomic E-state index is -0.188. The lowest BCUT2D eigenvalue weighted by atomic mass is 10.0. The summed E-state index contributed by atoms with van der Waals surface area (Å²) < 4.78 is 19.2. The molecule has 0 saturated carbocycles. The third kappa shape index (κ3) is 4.83. The largest absolute Gasteiger partial charge is 0.493 e. The van der Waals surface area contributed by atoms with Crippen molar-refractivity contribution in [2.75, 3.05) is 6.61 Å². The summed E-state index contributed by atoms with van der Waals surface area (Å²) in [6, 6.07) is 3.37. The van der Waals surface area contributed by atoms with Crippen molar-refractivity contribution in [3.05, 3.63) is 29.1 Å². The SMILES string of the molecule is CCCOc1cc(C)c(F)cc1CC(N)CC.Cl. The van der Waals surface area contributed by atoms with Gasteiger partial charge in [0.2, 0.25) is 0 Å². The van der Waals surface area contributed by atoms with Crippen LogP contribution in [-0.4, -0.2) is 12.6 Å². The molecule has 1 aromatic rings. The molecule has 104 valence electrons. The topological polar surface area (TPSA) is 35.2 Å². The number of rotatable bonds is 6. The fraction of sp³-hybridized carbons (Fsp3) is 0.571. The predicted octanol–water partition coefficient (Wildman–Crippen LogP) is 3.62. The van der Waals surface area contributed by atoms with Gasteiger partial charge in [-0.2, -0.15) is 0 Å². The third-order valence-electron chi connectivity index (χ3n) is 2.81. The van der Waals surface area contributed by atoms with E-state index < -0.39 is 0 Å². The first kappa shape index (κ1) is 17.2. The van der Waals surface area contributed by atoms with Crippen LogP contribution in [0.1, 0.15) is 37.8 Å². The lowest BCUT2D eigenvalue weighted by molar-refractivity contribution is 0.312. The molecule has 0 radical (unpaired) electrons. The molecule has 0 aliphatic rings. The number of ether oxygens (including phenoxy) is 1. The molecular weight excluding hydrogens is 253 g/mol. The molecule has 0 aliphatic heterocycles. The molecule has 1 aromatic carbocycles. The molecule has 0 spiro atoms. The highest BCUT2D eigenvalue weighted by atomic mass is 35.5. The summed E-state index contributed by atoms with van der Waals surface area (Å²) in [5, 5.41) is 0. The maximum Gasteiger partial charge on any atom is 0.126 e. The van der Waals surface area contributed by atoms with Gasteiger partial charge in [-0.15, -0.1) is 12.4 Å². The summed E-state index contributed by atoms with van der Waals surface area (Å²) in [7, 11) is 0. The van der Waals surface area contributed by atoms with Gasteiger partial charge in [-0.25, -0.2) is 4.39 Å². The highest BCUT2D eigenvalue weighted by Gasteiger charge is 2.11. The van der Waals surface area contributed by atoms with Gasteiger partial charge in [-0.05, 0) is 49.4 Å². The van der Waals surface area contributed by atoms with Crippen LogP contribution in [0.25, 0.3) is 0 Å². The van der Waals surface area contributed by atoms with Crippen LogP contribution in [0.2, 0.25) is 0 Å². The second kappa shape index (κ2) is 8.33. The van der Waals surface area contributed by atoms with Crippen LogP contribution in [0.4, 0.5) is 4.39 Å². The summed E-state index contributed by atoms with van der Waals surface area (Å²) >= 11 is 0. The van der Waals surface area contributed by atoms with E-state index in [1.807, 2.05) is 13.8 Å². The zero-order valence-corrected chi connectivity index (χ0v) is 12.1. The molecule has 0 aromatic heterocycles. The van der Waals surface area contributed by atoms with Crippen molar-refractivity contribution < 1.29 is 9.13 Å². The smallest absolute Gasteiger partial charge is 0.126 e. The molecule has 4 heteroatoms. The number of aryl methyl sites for hydroxylation is 1. The summed E-state index contributed by atoms with van der Waals surface area (Å²) in [6.45, 7) is 6.48. The second-order valence-corrected chi connectivity index (χ2v) is 4.43. The summed E-state index contributed by atoms with van der Waals surface area (Å²) in [4.78, 5) is 0. The van der Waals surface area contributed by atoms with Crippen LogP contribution >= 0.6 is 12.4 Å². The van der Waals surface area contributed by atoms with Crippen molar-refractivity contribution in [2.24, 2.45) is 5.73 Å². The monoisotopic (exact) mass is 275 g/mol. The Morgan fingerprint density at radius 2 is 2.00 bits per heavy atom. The van der Waals surface area contributed by atoms with E-state index in [2.05, 4.69) is 0 Å². The standard InChI is InChI=1S/C14H22FNO.ClH/c1-4-6-17-14-7-10(3)13(15)9-11(14)8-12(16)5-2;/h7,9,12H,4-6,8,16H2,1-3H3;1H. The van der Waals surface area contributed by atoms with E-state index >= 15 is 0 Å². The number of halogens is 2. The maximum absolute atomic E-state index is 13.5. The fourth-order valence-electron chi connectivity index (χ4n) is 1.63. The van der Waals surface area contributed by atoms with Crippen molar-refractivity contribution in [1.29, 1.82) is 0 Å². The molecule has 2 nitrogen and oxygen atoms in total. The van der Waals surface area contributed by atoms with Gasteiger partial charge in [0.1, 0.15) is 11.6 Å². The van der Waals surface area contributed by atoms with Crippen LogP contribution in [0, 0.1) is 12.7 Å². The highest BCUT2D eigenvalue weighted by molar-refractivity contribution is 5.85. The van der Waals surface area contributed by atoms with E-state index in [0.717, 1.165) is 24.2 Å². The quantitative estimate of drug-likeness (QED) is 0.860. The first-order valence-corrected chi connectivity index (χ1v) is 6.25. The lowest BCUT2D eigenvalue weighted by Crippen LogP contribution is -2.22. The minimum absolute atomic E-state index is 0. The Bertz CT molecular complexity index is 371. The first-order valence-electron chi connectivity index (χ1n) is 6.25. The molecule has 0 bridgehead atoms. The van der Waals surface area contributed by atoms with Crippen molar-refractivity contribution in [1.82, 2.24) is 0 Å². The molecular formula is C14H23ClFNO. The summed E-state index contributed by atoms with van der Waals surface area (Å²) in [5.74, 6) is 0.585.